The van der Waals surface area contributed by atoms with Crippen LogP contribution in [0.1, 0.15) is 99.5 Å². The molecule has 5 N–H and O–H groups in total. The first kappa shape index (κ1) is 47.5. The predicted molar refractivity (Wildman–Crippen MR) is 222 cm³/mol. The third-order valence-corrected chi connectivity index (χ3v) is 10.4. The molecular weight excluding hydrogens is 741 g/mol. The van der Waals surface area contributed by atoms with Crippen molar-refractivity contribution in [1.29, 1.82) is 0 Å². The summed E-state index contributed by atoms with van der Waals surface area (Å²) in [5.74, 6) is -4.37. The number of fused-ring (bicyclic) bond motifs is 2. The van der Waals surface area contributed by atoms with Gasteiger partial charge in [0.05, 0.1) is 12.0 Å². The number of ketones is 2. The molecular formula is C45H64N4O9. The van der Waals surface area contributed by atoms with E-state index in [4.69, 9.17) is 4.74 Å². The lowest BCUT2D eigenvalue weighted by Crippen LogP contribution is -2.62. The first-order valence-corrected chi connectivity index (χ1v) is 20.3. The van der Waals surface area contributed by atoms with Crippen LogP contribution in [0.3, 0.4) is 0 Å². The van der Waals surface area contributed by atoms with Crippen molar-refractivity contribution < 1.29 is 43.7 Å². The SMILES string of the molecule is CC(=O)CC[C@H]1C(=O)N[C@@H](C(C)C)C(=O)N[C@@H](Cc2cccc(O)c2)C(=O)N2CCCC(N2)C(=O)O[C@H](/C(C)=C/C=C/C(=O)C(C)(C)C)C/C=C/C=C/C[C@H](C)[C@H]1O. The molecule has 58 heavy (non-hydrogen) atoms. The third kappa shape index (κ3) is 14.8. The minimum Gasteiger partial charge on any atom is -0.508 e. The monoisotopic (exact) mass is 804 g/mol. The molecule has 13 heteroatoms. The molecule has 1 saturated heterocycles. The maximum atomic E-state index is 14.3. The molecule has 0 spiro atoms. The van der Waals surface area contributed by atoms with Gasteiger partial charge in [0.25, 0.3) is 5.91 Å². The molecule has 318 valence electrons. The number of nitrogens with zero attached hydrogens (tertiary/aromatic N) is 1. The predicted octanol–water partition coefficient (Wildman–Crippen LogP) is 4.97. The summed E-state index contributed by atoms with van der Waals surface area (Å²) >= 11 is 0. The summed E-state index contributed by atoms with van der Waals surface area (Å²) in [5.41, 5.74) is 3.72. The minimum atomic E-state index is -1.18. The molecule has 2 bridgehead atoms. The van der Waals surface area contributed by atoms with Crippen LogP contribution in [0.4, 0.5) is 0 Å². The third-order valence-electron chi connectivity index (χ3n) is 10.4. The van der Waals surface area contributed by atoms with Gasteiger partial charge in [-0.3, -0.25) is 29.0 Å². The first-order chi connectivity index (χ1) is 27.3. The van der Waals surface area contributed by atoms with E-state index in [9.17, 15) is 39.0 Å². The van der Waals surface area contributed by atoms with E-state index in [-0.39, 0.29) is 43.1 Å². The van der Waals surface area contributed by atoms with Crippen LogP contribution in [0, 0.1) is 23.2 Å². The van der Waals surface area contributed by atoms with Crippen LogP contribution in [0.2, 0.25) is 0 Å². The number of hydrazine groups is 1. The van der Waals surface area contributed by atoms with Crippen molar-refractivity contribution in [2.24, 2.45) is 23.2 Å². The van der Waals surface area contributed by atoms with Gasteiger partial charge in [0, 0.05) is 31.2 Å². The first-order valence-electron chi connectivity index (χ1n) is 20.3. The summed E-state index contributed by atoms with van der Waals surface area (Å²) in [7, 11) is 0. The number of benzene rings is 1. The molecule has 7 atom stereocenters. The van der Waals surface area contributed by atoms with Gasteiger partial charge in [0.1, 0.15) is 35.8 Å². The van der Waals surface area contributed by atoms with Crippen LogP contribution in [0.5, 0.6) is 5.75 Å². The van der Waals surface area contributed by atoms with Gasteiger partial charge in [-0.2, -0.15) is 0 Å². The van der Waals surface area contributed by atoms with Crippen LogP contribution < -0.4 is 16.1 Å². The molecule has 1 unspecified atom stereocenters. The zero-order valence-electron chi connectivity index (χ0n) is 35.3. The van der Waals surface area contributed by atoms with Gasteiger partial charge in [-0.15, -0.1) is 0 Å². The van der Waals surface area contributed by atoms with Crippen molar-refractivity contribution in [2.75, 3.05) is 6.54 Å². The number of Topliss-reactive ketones (excluding diaryl/α,β-unsaturated/α-hetero) is 1. The summed E-state index contributed by atoms with van der Waals surface area (Å²) in [6, 6.07) is 3.15. The van der Waals surface area contributed by atoms with Gasteiger partial charge in [0.15, 0.2) is 5.78 Å². The van der Waals surface area contributed by atoms with Gasteiger partial charge >= 0.3 is 5.97 Å². The van der Waals surface area contributed by atoms with Crippen molar-refractivity contribution in [2.45, 2.75) is 131 Å². The van der Waals surface area contributed by atoms with Crippen molar-refractivity contribution >= 4 is 35.3 Å². The number of rotatable bonds is 9. The van der Waals surface area contributed by atoms with E-state index in [2.05, 4.69) is 16.1 Å². The number of hydrogen-bond donors (Lipinski definition) is 5. The maximum absolute atomic E-state index is 14.3. The molecule has 2 aliphatic rings. The number of carbonyl (C=O) groups is 6. The van der Waals surface area contributed by atoms with E-state index in [1.807, 2.05) is 39.8 Å². The molecule has 0 radical (unpaired) electrons. The number of aliphatic hydroxyl groups excluding tert-OH is 1. The van der Waals surface area contributed by atoms with Crippen LogP contribution in [-0.2, 0) is 39.9 Å². The van der Waals surface area contributed by atoms with E-state index in [0.717, 1.165) is 0 Å². The smallest absolute Gasteiger partial charge is 0.325 e. The van der Waals surface area contributed by atoms with E-state index in [0.29, 0.717) is 36.8 Å². The fourth-order valence-corrected chi connectivity index (χ4v) is 6.68. The van der Waals surface area contributed by atoms with Crippen molar-refractivity contribution in [3.05, 3.63) is 77.9 Å². The van der Waals surface area contributed by atoms with Gasteiger partial charge in [-0.05, 0) is 80.7 Å². The highest BCUT2D eigenvalue weighted by Gasteiger charge is 2.38. The standard InChI is InChI=1S/C45H64N4O9/c1-28(2)39-42(55)46-36(27-32-18-14-19-33(51)26-32)43(56)49-25-15-20-35(48-49)44(57)58-37(29(3)17-13-22-38(52)45(6,7)8)21-12-10-9-11-16-30(4)40(53)34(41(54)47-39)24-23-31(5)50/h9-14,17-19,22,26,28,30,34-37,39-40,48,51,53H,15-16,20-21,23-25,27H2,1-8H3,(H,46,55)(H,47,54)/b11-9+,12-10+,22-13+,29-17+/t30-,34+,35?,36-,37-,39-,40+/m0/s1. The van der Waals surface area contributed by atoms with Crippen molar-refractivity contribution in [1.82, 2.24) is 21.1 Å². The lowest BCUT2D eigenvalue weighted by Gasteiger charge is -2.36. The molecule has 3 amide bonds. The zero-order valence-corrected chi connectivity index (χ0v) is 35.3. The molecule has 0 aliphatic carbocycles. The second-order valence-electron chi connectivity index (χ2n) is 16.9. The van der Waals surface area contributed by atoms with Crippen LogP contribution in [-0.4, -0.2) is 87.4 Å². The van der Waals surface area contributed by atoms with E-state index in [1.165, 1.54) is 30.1 Å². The zero-order chi connectivity index (χ0) is 43.2. The number of aliphatic hydroxyl groups is 1. The molecule has 3 rings (SSSR count). The number of amides is 3. The fourth-order valence-electron chi connectivity index (χ4n) is 6.68. The van der Waals surface area contributed by atoms with E-state index < -0.39 is 77.2 Å². The number of esters is 1. The summed E-state index contributed by atoms with van der Waals surface area (Å²) in [6.07, 6.45) is 12.0. The topological polar surface area (TPSA) is 191 Å². The number of allylic oxidation sites excluding steroid dienone is 6. The number of ether oxygens (including phenoxy) is 1. The Morgan fingerprint density at radius 2 is 1.71 bits per heavy atom. The molecule has 1 fully saturated rings. The molecule has 13 nitrogen and oxygen atoms in total. The molecule has 1 aromatic rings. The number of aromatic hydroxyl groups is 1. The Labute approximate surface area is 343 Å². The second-order valence-corrected chi connectivity index (χ2v) is 16.9. The minimum absolute atomic E-state index is 0.0142. The quantitative estimate of drug-likeness (QED) is 0.129. The maximum Gasteiger partial charge on any atom is 0.325 e. The van der Waals surface area contributed by atoms with Crippen molar-refractivity contribution in [3.8, 4) is 5.75 Å². The Kier molecular flexibility index (Phi) is 18.3. The van der Waals surface area contributed by atoms with Gasteiger partial charge in [-0.25, -0.2) is 5.43 Å². The van der Waals surface area contributed by atoms with E-state index in [1.54, 1.807) is 57.2 Å². The molecule has 1 aromatic carbocycles. The Morgan fingerprint density at radius 3 is 2.34 bits per heavy atom. The summed E-state index contributed by atoms with van der Waals surface area (Å²) in [5, 5.41) is 28.6. The average molecular weight is 805 g/mol. The number of cyclic esters (lactones) is 1. The highest BCUT2D eigenvalue weighted by atomic mass is 16.5. The second kappa shape index (κ2) is 22.3. The molecule has 2 heterocycles. The highest BCUT2D eigenvalue weighted by Crippen LogP contribution is 2.24. The van der Waals surface area contributed by atoms with Gasteiger partial charge in [0.2, 0.25) is 11.8 Å². The molecule has 2 aliphatic heterocycles. The number of phenols is 1. The Hall–Kier alpha value is -4.88. The Morgan fingerprint density at radius 1 is 1.02 bits per heavy atom. The number of nitrogens with one attached hydrogen (secondary N) is 3. The van der Waals surface area contributed by atoms with Gasteiger partial charge < -0.3 is 30.4 Å². The summed E-state index contributed by atoms with van der Waals surface area (Å²) < 4.78 is 6.06. The number of carbonyl (C=O) groups excluding carboxylic acids is 6. The summed E-state index contributed by atoms with van der Waals surface area (Å²) in [6.45, 7) is 14.2. The summed E-state index contributed by atoms with van der Waals surface area (Å²) in [4.78, 5) is 80.5. The lowest BCUT2D eigenvalue weighted by molar-refractivity contribution is -0.156. The highest BCUT2D eigenvalue weighted by molar-refractivity contribution is 5.94. The Balaban J connectivity index is 2.05. The van der Waals surface area contributed by atoms with Crippen molar-refractivity contribution in [3.63, 3.8) is 0 Å². The lowest BCUT2D eigenvalue weighted by atomic mass is 9.85. The number of hydrogen-bond acceptors (Lipinski definition) is 10. The van der Waals surface area contributed by atoms with Crippen LogP contribution >= 0.6 is 0 Å². The number of phenolic OH excluding ortho intramolecular Hbond substituents is 1. The molecule has 0 aromatic heterocycles. The molecule has 0 saturated carbocycles. The fraction of sp³-hybridized carbons (Fsp3) is 0.556. The van der Waals surface area contributed by atoms with E-state index >= 15 is 0 Å². The largest absolute Gasteiger partial charge is 0.508 e. The van der Waals surface area contributed by atoms with Crippen LogP contribution in [0.15, 0.2) is 72.4 Å². The average Bonchev–Trinajstić information content (AvgIpc) is 3.15. The van der Waals surface area contributed by atoms with Gasteiger partial charge in [-0.1, -0.05) is 90.1 Å². The normalized spacial score (nSPS) is 27.5. The van der Waals surface area contributed by atoms with Crippen LogP contribution in [0.25, 0.3) is 0 Å². The Bertz CT molecular complexity index is 1740.